The monoisotopic (exact) mass is 239 g/mol. The van der Waals surface area contributed by atoms with Crippen molar-refractivity contribution < 1.29 is 0 Å². The molecular formula is C12H21N3S. The highest BCUT2D eigenvalue weighted by molar-refractivity contribution is 7.99. The zero-order valence-electron chi connectivity index (χ0n) is 10.2. The maximum Gasteiger partial charge on any atom is 0.203 e. The fraction of sp³-hybridized carbons (Fsp3) is 0.750. The van der Waals surface area contributed by atoms with Crippen molar-refractivity contribution >= 4 is 17.7 Å². The second-order valence-corrected chi connectivity index (χ2v) is 5.77. The minimum Gasteiger partial charge on any atom is -0.355 e. The Morgan fingerprint density at radius 1 is 1.56 bits per heavy atom. The number of nitrogens with one attached hydrogen (secondary N) is 1. The van der Waals surface area contributed by atoms with Crippen LogP contribution in [0.15, 0.2) is 6.20 Å². The van der Waals surface area contributed by atoms with Gasteiger partial charge in [-0.05, 0) is 32.4 Å². The Bertz CT molecular complexity index is 329. The van der Waals surface area contributed by atoms with E-state index in [0.717, 1.165) is 30.0 Å². The topological polar surface area (TPSA) is 29.9 Å². The Balaban J connectivity index is 1.87. The van der Waals surface area contributed by atoms with E-state index in [1.54, 1.807) is 0 Å². The summed E-state index contributed by atoms with van der Waals surface area (Å²) in [7, 11) is 0. The van der Waals surface area contributed by atoms with Crippen LogP contribution in [0.3, 0.4) is 0 Å². The van der Waals surface area contributed by atoms with E-state index in [1.807, 2.05) is 6.92 Å². The van der Waals surface area contributed by atoms with Crippen molar-refractivity contribution in [3.63, 3.8) is 0 Å². The summed E-state index contributed by atoms with van der Waals surface area (Å²) in [5.41, 5.74) is 1.10. The zero-order chi connectivity index (χ0) is 11.4. The molecule has 0 amide bonds. The number of rotatable bonds is 4. The molecule has 0 spiro atoms. The van der Waals surface area contributed by atoms with Crippen molar-refractivity contribution in [1.29, 1.82) is 0 Å². The lowest BCUT2D eigenvalue weighted by molar-refractivity contribution is 0.671. The van der Waals surface area contributed by atoms with Crippen LogP contribution in [0.2, 0.25) is 0 Å². The number of aromatic nitrogens is 2. The summed E-state index contributed by atoms with van der Waals surface area (Å²) in [5, 5.41) is 4.26. The van der Waals surface area contributed by atoms with Gasteiger partial charge in [0.05, 0.1) is 5.69 Å². The van der Waals surface area contributed by atoms with Crippen LogP contribution in [0, 0.1) is 6.92 Å². The quantitative estimate of drug-likeness (QED) is 0.876. The third kappa shape index (κ3) is 2.94. The first-order chi connectivity index (χ1) is 7.79. The van der Waals surface area contributed by atoms with Crippen molar-refractivity contribution in [3.8, 4) is 0 Å². The zero-order valence-corrected chi connectivity index (χ0v) is 11.0. The lowest BCUT2D eigenvalue weighted by atomic mass is 10.2. The van der Waals surface area contributed by atoms with Crippen LogP contribution in [0.5, 0.6) is 0 Å². The van der Waals surface area contributed by atoms with Gasteiger partial charge in [-0.25, -0.2) is 4.98 Å². The molecule has 3 nitrogen and oxygen atoms in total. The Hall–Kier alpha value is -0.640. The van der Waals surface area contributed by atoms with Crippen LogP contribution in [-0.2, 0) is 6.54 Å². The number of nitrogens with zero attached hydrogens (tertiary/aromatic N) is 2. The molecule has 1 saturated heterocycles. The van der Waals surface area contributed by atoms with E-state index < -0.39 is 0 Å². The Morgan fingerprint density at radius 2 is 2.44 bits per heavy atom. The lowest BCUT2D eigenvalue weighted by Crippen LogP contribution is -2.21. The molecule has 1 aliphatic rings. The van der Waals surface area contributed by atoms with Gasteiger partial charge in [-0.15, -0.1) is 0 Å². The second kappa shape index (κ2) is 5.62. The molecule has 16 heavy (non-hydrogen) atoms. The van der Waals surface area contributed by atoms with Crippen LogP contribution in [0.1, 0.15) is 31.9 Å². The summed E-state index contributed by atoms with van der Waals surface area (Å²) in [6.07, 6.45) is 6.24. The van der Waals surface area contributed by atoms with Gasteiger partial charge in [0.15, 0.2) is 0 Å². The number of thioether (sulfide) groups is 1. The first kappa shape index (κ1) is 11.8. The Labute approximate surface area is 102 Å². The van der Waals surface area contributed by atoms with E-state index in [4.69, 9.17) is 0 Å². The summed E-state index contributed by atoms with van der Waals surface area (Å²) in [6.45, 7) is 6.25. The van der Waals surface area contributed by atoms with E-state index in [0.29, 0.717) is 0 Å². The standard InChI is InChI=1S/C12H21N3S/c1-3-15-9-10(2)14-12(15)13-8-11-6-4-5-7-16-11/h9,11H,3-8H2,1-2H3,(H,13,14). The minimum atomic E-state index is 0.774. The molecule has 1 unspecified atom stereocenters. The van der Waals surface area contributed by atoms with Crippen LogP contribution < -0.4 is 5.32 Å². The molecule has 0 saturated carbocycles. The predicted molar refractivity (Wildman–Crippen MR) is 71.2 cm³/mol. The molecule has 1 N–H and O–H groups in total. The summed E-state index contributed by atoms with van der Waals surface area (Å²) in [4.78, 5) is 4.51. The largest absolute Gasteiger partial charge is 0.355 e. The third-order valence-corrected chi connectivity index (χ3v) is 4.40. The first-order valence-electron chi connectivity index (χ1n) is 6.19. The molecule has 0 radical (unpaired) electrons. The number of anilines is 1. The van der Waals surface area contributed by atoms with E-state index in [9.17, 15) is 0 Å². The van der Waals surface area contributed by atoms with Crippen LogP contribution >= 0.6 is 11.8 Å². The van der Waals surface area contributed by atoms with Crippen molar-refractivity contribution in [3.05, 3.63) is 11.9 Å². The molecule has 0 aromatic carbocycles. The third-order valence-electron chi connectivity index (χ3n) is 3.00. The molecule has 0 aliphatic carbocycles. The van der Waals surface area contributed by atoms with Crippen LogP contribution in [-0.4, -0.2) is 27.1 Å². The molecule has 2 rings (SSSR count). The fourth-order valence-corrected chi connectivity index (χ4v) is 3.34. The van der Waals surface area contributed by atoms with Crippen molar-refractivity contribution in [2.24, 2.45) is 0 Å². The van der Waals surface area contributed by atoms with Crippen molar-refractivity contribution in [2.45, 2.75) is 44.9 Å². The molecule has 1 atom stereocenters. The van der Waals surface area contributed by atoms with Crippen LogP contribution in [0.25, 0.3) is 0 Å². The molecule has 1 aromatic rings. The summed E-state index contributed by atoms with van der Waals surface area (Å²) in [6, 6.07) is 0. The Kier molecular flexibility index (Phi) is 4.16. The molecule has 1 fully saturated rings. The van der Waals surface area contributed by atoms with Gasteiger partial charge < -0.3 is 9.88 Å². The van der Waals surface area contributed by atoms with Gasteiger partial charge in [0, 0.05) is 24.5 Å². The normalized spacial score (nSPS) is 21.0. The molecular weight excluding hydrogens is 218 g/mol. The predicted octanol–water partition coefficient (Wildman–Crippen LogP) is 2.91. The number of hydrogen-bond donors (Lipinski definition) is 1. The van der Waals surface area contributed by atoms with Gasteiger partial charge >= 0.3 is 0 Å². The maximum absolute atomic E-state index is 4.51. The first-order valence-corrected chi connectivity index (χ1v) is 7.23. The second-order valence-electron chi connectivity index (χ2n) is 4.36. The van der Waals surface area contributed by atoms with Gasteiger partial charge in [-0.2, -0.15) is 11.8 Å². The van der Waals surface area contributed by atoms with Crippen molar-refractivity contribution in [1.82, 2.24) is 9.55 Å². The summed E-state index contributed by atoms with van der Waals surface area (Å²) in [5.74, 6) is 2.36. The van der Waals surface area contributed by atoms with Gasteiger partial charge in [0.2, 0.25) is 5.95 Å². The molecule has 1 aliphatic heterocycles. The number of imidazole rings is 1. The minimum absolute atomic E-state index is 0.774. The molecule has 0 bridgehead atoms. The molecule has 1 aromatic heterocycles. The highest BCUT2D eigenvalue weighted by Gasteiger charge is 2.14. The average Bonchev–Trinajstić information content (AvgIpc) is 2.68. The molecule has 2 heterocycles. The van der Waals surface area contributed by atoms with Crippen LogP contribution in [0.4, 0.5) is 5.95 Å². The van der Waals surface area contributed by atoms with Crippen molar-refractivity contribution in [2.75, 3.05) is 17.6 Å². The van der Waals surface area contributed by atoms with E-state index in [2.05, 4.69) is 39.8 Å². The number of aryl methyl sites for hydroxylation is 2. The van der Waals surface area contributed by atoms with Gasteiger partial charge in [-0.1, -0.05) is 6.42 Å². The van der Waals surface area contributed by atoms with E-state index in [-0.39, 0.29) is 0 Å². The SMILES string of the molecule is CCn1cc(C)nc1NCC1CCCCS1. The van der Waals surface area contributed by atoms with Gasteiger partial charge in [0.1, 0.15) is 0 Å². The highest BCUT2D eigenvalue weighted by atomic mass is 32.2. The number of hydrogen-bond acceptors (Lipinski definition) is 3. The van der Waals surface area contributed by atoms with Gasteiger partial charge in [0.25, 0.3) is 0 Å². The summed E-state index contributed by atoms with van der Waals surface area (Å²) >= 11 is 2.10. The van der Waals surface area contributed by atoms with Gasteiger partial charge in [-0.3, -0.25) is 0 Å². The molecule has 90 valence electrons. The maximum atomic E-state index is 4.51. The lowest BCUT2D eigenvalue weighted by Gasteiger charge is -2.21. The summed E-state index contributed by atoms with van der Waals surface area (Å²) < 4.78 is 2.18. The fourth-order valence-electron chi connectivity index (χ4n) is 2.10. The smallest absolute Gasteiger partial charge is 0.203 e. The van der Waals surface area contributed by atoms with E-state index >= 15 is 0 Å². The van der Waals surface area contributed by atoms with E-state index in [1.165, 1.54) is 25.0 Å². The Morgan fingerprint density at radius 3 is 3.12 bits per heavy atom. The average molecular weight is 239 g/mol. The highest BCUT2D eigenvalue weighted by Crippen LogP contribution is 2.25. The molecule has 4 heteroatoms.